The monoisotopic (exact) mass is 359 g/mol. The number of urea groups is 1. The van der Waals surface area contributed by atoms with Crippen LogP contribution in [0, 0.1) is 5.92 Å². The number of nitrogens with zero attached hydrogens (tertiary/aromatic N) is 1. The van der Waals surface area contributed by atoms with Crippen molar-refractivity contribution in [1.82, 2.24) is 15.6 Å². The summed E-state index contributed by atoms with van der Waals surface area (Å²) in [6.07, 6.45) is 5.42. The van der Waals surface area contributed by atoms with Crippen LogP contribution in [0.5, 0.6) is 0 Å². The van der Waals surface area contributed by atoms with Crippen LogP contribution < -0.4 is 10.6 Å². The first kappa shape index (κ1) is 17.7. The molecule has 6 heteroatoms. The Hall–Kier alpha value is -2.11. The van der Waals surface area contributed by atoms with E-state index in [4.69, 9.17) is 16.3 Å². The number of rotatable bonds is 5. The highest BCUT2D eigenvalue weighted by atomic mass is 35.5. The smallest absolute Gasteiger partial charge is 0.315 e. The van der Waals surface area contributed by atoms with Crippen molar-refractivity contribution in [1.29, 1.82) is 0 Å². The summed E-state index contributed by atoms with van der Waals surface area (Å²) in [7, 11) is 0. The van der Waals surface area contributed by atoms with Gasteiger partial charge >= 0.3 is 6.03 Å². The van der Waals surface area contributed by atoms with E-state index < -0.39 is 0 Å². The molecule has 0 saturated carbocycles. The molecular weight excluding hydrogens is 338 g/mol. The fraction of sp³-hybridized carbons (Fsp3) is 0.368. The molecule has 2 aromatic rings. The van der Waals surface area contributed by atoms with Crippen LogP contribution in [-0.4, -0.2) is 24.2 Å². The van der Waals surface area contributed by atoms with E-state index in [9.17, 15) is 4.79 Å². The zero-order valence-electron chi connectivity index (χ0n) is 14.0. The van der Waals surface area contributed by atoms with Crippen LogP contribution >= 0.6 is 11.6 Å². The molecule has 1 aromatic heterocycles. The Labute approximate surface area is 152 Å². The van der Waals surface area contributed by atoms with Gasteiger partial charge in [0.25, 0.3) is 0 Å². The van der Waals surface area contributed by atoms with Crippen LogP contribution in [0.15, 0.2) is 48.8 Å². The fourth-order valence-electron chi connectivity index (χ4n) is 3.06. The summed E-state index contributed by atoms with van der Waals surface area (Å²) in [5.74, 6) is 0.347. The van der Waals surface area contributed by atoms with Crippen molar-refractivity contribution in [2.75, 3.05) is 13.2 Å². The van der Waals surface area contributed by atoms with E-state index in [2.05, 4.69) is 15.6 Å². The third kappa shape index (κ3) is 5.18. The molecule has 1 atom stereocenters. The lowest BCUT2D eigenvalue weighted by atomic mass is 9.88. The molecule has 2 amide bonds. The van der Waals surface area contributed by atoms with Crippen LogP contribution in [0.4, 0.5) is 4.79 Å². The number of pyridine rings is 1. The molecule has 2 N–H and O–H groups in total. The van der Waals surface area contributed by atoms with Gasteiger partial charge in [0.15, 0.2) is 0 Å². The van der Waals surface area contributed by atoms with Crippen molar-refractivity contribution in [3.63, 3.8) is 0 Å². The lowest BCUT2D eigenvalue weighted by molar-refractivity contribution is 0.0547. The molecule has 0 unspecified atom stereocenters. The number of ether oxygens (including phenoxy) is 1. The minimum absolute atomic E-state index is 0.0668. The molecule has 1 aromatic carbocycles. The number of nitrogens with one attached hydrogen (secondary N) is 2. The molecule has 1 aliphatic heterocycles. The number of halogens is 1. The van der Waals surface area contributed by atoms with Crippen LogP contribution in [0.3, 0.4) is 0 Å². The summed E-state index contributed by atoms with van der Waals surface area (Å²) < 4.78 is 5.45. The van der Waals surface area contributed by atoms with E-state index in [1.54, 1.807) is 6.20 Å². The van der Waals surface area contributed by atoms with Gasteiger partial charge in [-0.25, -0.2) is 4.79 Å². The topological polar surface area (TPSA) is 63.2 Å². The minimum Gasteiger partial charge on any atom is -0.381 e. The fourth-order valence-corrected chi connectivity index (χ4v) is 3.19. The van der Waals surface area contributed by atoms with Gasteiger partial charge in [0, 0.05) is 37.2 Å². The Kier molecular flexibility index (Phi) is 6.25. The number of aromatic nitrogens is 1. The minimum atomic E-state index is -0.185. The van der Waals surface area contributed by atoms with Crippen molar-refractivity contribution in [2.45, 2.75) is 25.4 Å². The maximum atomic E-state index is 12.4. The van der Waals surface area contributed by atoms with Crippen LogP contribution in [0.1, 0.15) is 30.0 Å². The Morgan fingerprint density at radius 3 is 2.68 bits per heavy atom. The van der Waals surface area contributed by atoms with E-state index in [0.717, 1.165) is 37.2 Å². The summed E-state index contributed by atoms with van der Waals surface area (Å²) >= 11 is 5.88. The first-order chi connectivity index (χ1) is 12.2. The Morgan fingerprint density at radius 1 is 1.24 bits per heavy atom. The van der Waals surface area contributed by atoms with E-state index >= 15 is 0 Å². The Bertz CT molecular complexity index is 673. The van der Waals surface area contributed by atoms with Gasteiger partial charge in [0.1, 0.15) is 0 Å². The number of carbonyl (C=O) groups excluding carboxylic acids is 1. The van der Waals surface area contributed by atoms with Gasteiger partial charge in [-0.05, 0) is 48.1 Å². The van der Waals surface area contributed by atoms with E-state index in [1.165, 1.54) is 0 Å². The van der Waals surface area contributed by atoms with Gasteiger partial charge in [0.2, 0.25) is 0 Å². The molecule has 1 fully saturated rings. The normalized spacial score (nSPS) is 16.2. The van der Waals surface area contributed by atoms with E-state index in [0.29, 0.717) is 17.5 Å². The van der Waals surface area contributed by atoms with Crippen LogP contribution in [0.2, 0.25) is 5.02 Å². The average molecular weight is 360 g/mol. The number of hydrogen-bond acceptors (Lipinski definition) is 3. The zero-order chi connectivity index (χ0) is 17.5. The second kappa shape index (κ2) is 8.83. The van der Waals surface area contributed by atoms with Crippen LogP contribution in [0.25, 0.3) is 0 Å². The van der Waals surface area contributed by atoms with Crippen molar-refractivity contribution in [3.05, 3.63) is 64.9 Å². The van der Waals surface area contributed by atoms with Gasteiger partial charge in [-0.3, -0.25) is 4.98 Å². The maximum Gasteiger partial charge on any atom is 0.315 e. The summed E-state index contributed by atoms with van der Waals surface area (Å²) in [5.41, 5.74) is 2.03. The second-order valence-corrected chi connectivity index (χ2v) is 6.60. The maximum absolute atomic E-state index is 12.4. The van der Waals surface area contributed by atoms with Gasteiger partial charge < -0.3 is 15.4 Å². The predicted octanol–water partition coefficient (Wildman–Crippen LogP) is 3.70. The highest BCUT2D eigenvalue weighted by Crippen LogP contribution is 2.29. The molecule has 1 aliphatic rings. The SMILES string of the molecule is O=C(NCc1ccc(Cl)cc1)N[C@H](c1cccnc1)C1CCOCC1. The average Bonchev–Trinajstić information content (AvgIpc) is 2.67. The molecule has 25 heavy (non-hydrogen) atoms. The standard InChI is InChI=1S/C19H22ClN3O2/c20-17-5-3-14(4-6-17)12-22-19(24)23-18(15-7-10-25-11-8-15)16-2-1-9-21-13-16/h1-6,9,13,15,18H,7-8,10-12H2,(H2,22,23,24)/t18-/m0/s1. The Morgan fingerprint density at radius 2 is 2.00 bits per heavy atom. The lowest BCUT2D eigenvalue weighted by Gasteiger charge is -2.31. The van der Waals surface area contributed by atoms with Gasteiger partial charge in [0.05, 0.1) is 6.04 Å². The summed E-state index contributed by atoms with van der Waals surface area (Å²) in [6.45, 7) is 1.92. The van der Waals surface area contributed by atoms with Crippen molar-refractivity contribution >= 4 is 17.6 Å². The molecule has 3 rings (SSSR count). The van der Waals surface area contributed by atoms with Gasteiger partial charge in [-0.1, -0.05) is 29.8 Å². The third-order valence-corrected chi connectivity index (χ3v) is 4.69. The van der Waals surface area contributed by atoms with Gasteiger partial charge in [-0.15, -0.1) is 0 Å². The second-order valence-electron chi connectivity index (χ2n) is 6.17. The molecule has 0 spiro atoms. The Balaban J connectivity index is 1.62. The van der Waals surface area contributed by atoms with Crippen molar-refractivity contribution < 1.29 is 9.53 Å². The number of hydrogen-bond donors (Lipinski definition) is 2. The molecule has 0 radical (unpaired) electrons. The molecular formula is C19H22ClN3O2. The van der Waals surface area contributed by atoms with E-state index in [1.807, 2.05) is 42.6 Å². The zero-order valence-corrected chi connectivity index (χ0v) is 14.7. The third-order valence-electron chi connectivity index (χ3n) is 4.43. The molecule has 132 valence electrons. The number of benzene rings is 1. The van der Waals surface area contributed by atoms with Crippen molar-refractivity contribution in [3.8, 4) is 0 Å². The van der Waals surface area contributed by atoms with E-state index in [-0.39, 0.29) is 12.1 Å². The molecule has 1 saturated heterocycles. The molecule has 0 aliphatic carbocycles. The largest absolute Gasteiger partial charge is 0.381 e. The predicted molar refractivity (Wildman–Crippen MR) is 97.3 cm³/mol. The number of amides is 2. The molecule has 2 heterocycles. The first-order valence-corrected chi connectivity index (χ1v) is 8.86. The number of carbonyl (C=O) groups is 1. The summed E-state index contributed by atoms with van der Waals surface area (Å²) in [5, 5.41) is 6.71. The van der Waals surface area contributed by atoms with Crippen LogP contribution in [-0.2, 0) is 11.3 Å². The highest BCUT2D eigenvalue weighted by molar-refractivity contribution is 6.30. The summed E-state index contributed by atoms with van der Waals surface area (Å²) in [4.78, 5) is 16.6. The molecule has 5 nitrogen and oxygen atoms in total. The van der Waals surface area contributed by atoms with Crippen molar-refractivity contribution in [2.24, 2.45) is 5.92 Å². The lowest BCUT2D eigenvalue weighted by Crippen LogP contribution is -2.41. The highest BCUT2D eigenvalue weighted by Gasteiger charge is 2.27. The van der Waals surface area contributed by atoms with Gasteiger partial charge in [-0.2, -0.15) is 0 Å². The quantitative estimate of drug-likeness (QED) is 0.855. The summed E-state index contributed by atoms with van der Waals surface area (Å²) in [6, 6.07) is 11.1. The molecule has 0 bridgehead atoms. The first-order valence-electron chi connectivity index (χ1n) is 8.49.